The maximum absolute atomic E-state index is 9.34. The molecular formula is C9H10N2O2. The highest BCUT2D eigenvalue weighted by Gasteiger charge is 2.06. The van der Waals surface area contributed by atoms with Crippen LogP contribution in [0.3, 0.4) is 0 Å². The molecule has 2 aromatic rings. The zero-order valence-corrected chi connectivity index (χ0v) is 6.94. The van der Waals surface area contributed by atoms with E-state index in [-0.39, 0.29) is 6.61 Å². The minimum atomic E-state index is -0.812. The van der Waals surface area contributed by atoms with Gasteiger partial charge in [0.15, 0.2) is 0 Å². The Balaban J connectivity index is 2.48. The van der Waals surface area contributed by atoms with Gasteiger partial charge in [-0.15, -0.1) is 0 Å². The molecule has 0 fully saturated rings. The van der Waals surface area contributed by atoms with Crippen molar-refractivity contribution in [1.29, 1.82) is 0 Å². The standard InChI is InChI=1S/C9H10N2O2/c12-5-9(13)6-1-2-7-4-10-11-8(7)3-6/h1-4,9,12-13H,5H2,(H,10,11). The van der Waals surface area contributed by atoms with Crippen LogP contribution in [0, 0.1) is 0 Å². The summed E-state index contributed by atoms with van der Waals surface area (Å²) in [6, 6.07) is 5.41. The minimum absolute atomic E-state index is 0.264. The number of aromatic amines is 1. The first-order valence-electron chi connectivity index (χ1n) is 4.03. The number of rotatable bonds is 2. The first kappa shape index (κ1) is 8.22. The molecule has 0 bridgehead atoms. The van der Waals surface area contributed by atoms with Crippen molar-refractivity contribution in [2.24, 2.45) is 0 Å². The molecule has 68 valence electrons. The summed E-state index contributed by atoms with van der Waals surface area (Å²) in [5.41, 5.74) is 1.56. The van der Waals surface area contributed by atoms with Crippen molar-refractivity contribution in [3.8, 4) is 0 Å². The number of aliphatic hydroxyl groups excluding tert-OH is 2. The molecule has 1 aromatic carbocycles. The molecule has 4 heteroatoms. The number of aromatic nitrogens is 2. The first-order valence-corrected chi connectivity index (χ1v) is 4.03. The molecule has 1 aromatic heterocycles. The zero-order chi connectivity index (χ0) is 9.26. The molecule has 0 aliphatic rings. The first-order chi connectivity index (χ1) is 6.31. The van der Waals surface area contributed by atoms with Gasteiger partial charge in [0, 0.05) is 5.39 Å². The maximum atomic E-state index is 9.34. The topological polar surface area (TPSA) is 69.1 Å². The summed E-state index contributed by atoms with van der Waals surface area (Å²) in [6.45, 7) is -0.264. The molecular weight excluding hydrogens is 168 g/mol. The number of nitrogens with one attached hydrogen (secondary N) is 1. The molecule has 13 heavy (non-hydrogen) atoms. The summed E-state index contributed by atoms with van der Waals surface area (Å²) in [4.78, 5) is 0. The molecule has 2 rings (SSSR count). The lowest BCUT2D eigenvalue weighted by atomic mass is 10.1. The van der Waals surface area contributed by atoms with Crippen molar-refractivity contribution in [3.05, 3.63) is 30.0 Å². The molecule has 3 N–H and O–H groups in total. The second-order valence-electron chi connectivity index (χ2n) is 2.92. The van der Waals surface area contributed by atoms with E-state index >= 15 is 0 Å². The Kier molecular flexibility index (Phi) is 2.00. The van der Waals surface area contributed by atoms with Gasteiger partial charge in [0.1, 0.15) is 6.10 Å². The molecule has 1 unspecified atom stereocenters. The van der Waals surface area contributed by atoms with Crippen molar-refractivity contribution in [3.63, 3.8) is 0 Å². The smallest absolute Gasteiger partial charge is 0.102 e. The van der Waals surface area contributed by atoms with Crippen LogP contribution >= 0.6 is 0 Å². The Hall–Kier alpha value is -1.39. The number of hydrogen-bond donors (Lipinski definition) is 3. The molecule has 0 spiro atoms. The van der Waals surface area contributed by atoms with Crippen molar-refractivity contribution < 1.29 is 10.2 Å². The molecule has 0 amide bonds. The van der Waals surface area contributed by atoms with Crippen molar-refractivity contribution in [2.75, 3.05) is 6.61 Å². The van der Waals surface area contributed by atoms with E-state index in [1.54, 1.807) is 18.3 Å². The Morgan fingerprint density at radius 2 is 2.31 bits per heavy atom. The van der Waals surface area contributed by atoms with E-state index < -0.39 is 6.10 Å². The van der Waals surface area contributed by atoms with Crippen LogP contribution in [0.4, 0.5) is 0 Å². The van der Waals surface area contributed by atoms with Gasteiger partial charge in [-0.05, 0) is 11.6 Å². The van der Waals surface area contributed by atoms with Crippen molar-refractivity contribution >= 4 is 10.9 Å². The quantitative estimate of drug-likeness (QED) is 0.630. The number of aliphatic hydroxyl groups is 2. The number of fused-ring (bicyclic) bond motifs is 1. The van der Waals surface area contributed by atoms with Crippen LogP contribution in [-0.4, -0.2) is 27.0 Å². The maximum Gasteiger partial charge on any atom is 0.102 e. The van der Waals surface area contributed by atoms with E-state index in [0.717, 1.165) is 10.9 Å². The molecule has 4 nitrogen and oxygen atoms in total. The summed E-state index contributed by atoms with van der Waals surface area (Å²) in [6.07, 6.45) is 0.900. The van der Waals surface area contributed by atoms with E-state index in [0.29, 0.717) is 5.56 Å². The average molecular weight is 178 g/mol. The minimum Gasteiger partial charge on any atom is -0.393 e. The van der Waals surface area contributed by atoms with Gasteiger partial charge in [0.05, 0.1) is 18.3 Å². The summed E-state index contributed by atoms with van der Waals surface area (Å²) in [5.74, 6) is 0. The van der Waals surface area contributed by atoms with E-state index in [1.807, 2.05) is 6.07 Å². The van der Waals surface area contributed by atoms with Gasteiger partial charge in [-0.1, -0.05) is 12.1 Å². The molecule has 0 radical (unpaired) electrons. The molecule has 0 saturated heterocycles. The number of H-pyrrole nitrogens is 1. The lowest BCUT2D eigenvalue weighted by Gasteiger charge is -2.06. The monoisotopic (exact) mass is 178 g/mol. The molecule has 0 aliphatic heterocycles. The summed E-state index contributed by atoms with van der Waals surface area (Å²) < 4.78 is 0. The van der Waals surface area contributed by atoms with Crippen molar-refractivity contribution in [2.45, 2.75) is 6.10 Å². The Labute approximate surface area is 74.8 Å². The van der Waals surface area contributed by atoms with Gasteiger partial charge in [-0.2, -0.15) is 5.10 Å². The number of benzene rings is 1. The SMILES string of the molecule is OCC(O)c1ccc2cn[nH]c2c1. The number of hydrogen-bond acceptors (Lipinski definition) is 3. The van der Waals surface area contributed by atoms with Crippen LogP contribution < -0.4 is 0 Å². The Morgan fingerprint density at radius 3 is 3.08 bits per heavy atom. The highest BCUT2D eigenvalue weighted by Crippen LogP contribution is 2.17. The van der Waals surface area contributed by atoms with E-state index in [4.69, 9.17) is 5.11 Å². The average Bonchev–Trinajstić information content (AvgIpc) is 2.63. The summed E-state index contributed by atoms with van der Waals surface area (Å²) in [7, 11) is 0. The summed E-state index contributed by atoms with van der Waals surface area (Å²) >= 11 is 0. The second kappa shape index (κ2) is 3.16. The van der Waals surface area contributed by atoms with Gasteiger partial charge in [0.2, 0.25) is 0 Å². The zero-order valence-electron chi connectivity index (χ0n) is 6.94. The predicted octanol–water partition coefficient (Wildman–Crippen LogP) is 0.589. The van der Waals surface area contributed by atoms with Gasteiger partial charge in [-0.25, -0.2) is 0 Å². The van der Waals surface area contributed by atoms with Gasteiger partial charge < -0.3 is 10.2 Å². The summed E-state index contributed by atoms with van der Waals surface area (Å²) in [5, 5.41) is 25.7. The van der Waals surface area contributed by atoms with Crippen LogP contribution in [0.15, 0.2) is 24.4 Å². The molecule has 1 atom stereocenters. The molecule has 0 saturated carbocycles. The third kappa shape index (κ3) is 1.41. The van der Waals surface area contributed by atoms with Crippen LogP contribution in [0.2, 0.25) is 0 Å². The van der Waals surface area contributed by atoms with E-state index in [9.17, 15) is 5.11 Å². The van der Waals surface area contributed by atoms with Gasteiger partial charge in [0.25, 0.3) is 0 Å². The predicted molar refractivity (Wildman–Crippen MR) is 48.1 cm³/mol. The molecule has 0 aliphatic carbocycles. The normalized spacial score (nSPS) is 13.4. The lowest BCUT2D eigenvalue weighted by Crippen LogP contribution is -2.01. The largest absolute Gasteiger partial charge is 0.393 e. The van der Waals surface area contributed by atoms with Gasteiger partial charge in [-0.3, -0.25) is 5.10 Å². The van der Waals surface area contributed by atoms with Crippen molar-refractivity contribution in [1.82, 2.24) is 10.2 Å². The van der Waals surface area contributed by atoms with E-state index in [2.05, 4.69) is 10.2 Å². The fraction of sp³-hybridized carbons (Fsp3) is 0.222. The Bertz CT molecular complexity index is 411. The fourth-order valence-electron chi connectivity index (χ4n) is 1.27. The number of nitrogens with zero attached hydrogens (tertiary/aromatic N) is 1. The van der Waals surface area contributed by atoms with Crippen LogP contribution in [0.5, 0.6) is 0 Å². The van der Waals surface area contributed by atoms with E-state index in [1.165, 1.54) is 0 Å². The third-order valence-electron chi connectivity index (χ3n) is 2.02. The highest BCUT2D eigenvalue weighted by atomic mass is 16.3. The fourth-order valence-corrected chi connectivity index (χ4v) is 1.27. The van der Waals surface area contributed by atoms with Gasteiger partial charge >= 0.3 is 0 Å². The highest BCUT2D eigenvalue weighted by molar-refractivity contribution is 5.78. The van der Waals surface area contributed by atoms with Crippen LogP contribution in [0.1, 0.15) is 11.7 Å². The third-order valence-corrected chi connectivity index (χ3v) is 2.02. The molecule has 1 heterocycles. The Morgan fingerprint density at radius 1 is 1.46 bits per heavy atom. The second-order valence-corrected chi connectivity index (χ2v) is 2.92. The lowest BCUT2D eigenvalue weighted by molar-refractivity contribution is 0.0957. The van der Waals surface area contributed by atoms with Crippen LogP contribution in [-0.2, 0) is 0 Å². The van der Waals surface area contributed by atoms with Crippen LogP contribution in [0.25, 0.3) is 10.9 Å².